The first kappa shape index (κ1) is 20.4. The normalized spacial score (nSPS) is 24.3. The largest absolute Gasteiger partial charge is 0.483 e. The Morgan fingerprint density at radius 2 is 2.07 bits per heavy atom. The van der Waals surface area contributed by atoms with Gasteiger partial charge in [-0.3, -0.25) is 9.69 Å². The molecule has 1 aromatic heterocycles. The van der Waals surface area contributed by atoms with Crippen LogP contribution in [0, 0.1) is 11.6 Å². The van der Waals surface area contributed by atoms with Crippen molar-refractivity contribution in [2.24, 2.45) is 0 Å². The number of benzene rings is 1. The molecule has 2 aromatic rings. The van der Waals surface area contributed by atoms with Crippen LogP contribution in [0.4, 0.5) is 8.78 Å². The molecule has 0 aliphatic carbocycles. The molecular formula is C19H23F2N3O4. The van der Waals surface area contributed by atoms with Gasteiger partial charge in [0.15, 0.2) is 0 Å². The van der Waals surface area contributed by atoms with Crippen molar-refractivity contribution in [2.45, 2.75) is 31.0 Å². The fourth-order valence-corrected chi connectivity index (χ4v) is 3.92. The highest BCUT2D eigenvalue weighted by Gasteiger charge is 2.38. The van der Waals surface area contributed by atoms with E-state index in [-0.39, 0.29) is 25.2 Å². The lowest BCUT2D eigenvalue weighted by atomic mass is 10.1. The fourth-order valence-electron chi connectivity index (χ4n) is 3.92. The molecule has 4 rings (SSSR count). The van der Waals surface area contributed by atoms with Crippen LogP contribution < -0.4 is 0 Å². The number of aliphatic hydroxyl groups is 1. The summed E-state index contributed by atoms with van der Waals surface area (Å²) in [7, 11) is 0. The molecule has 2 aliphatic heterocycles. The molecule has 2 saturated heterocycles. The molecule has 2 aliphatic rings. The third kappa shape index (κ3) is 4.37. The number of carbonyl (C=O) groups is 1. The van der Waals surface area contributed by atoms with Gasteiger partial charge in [0.25, 0.3) is 6.47 Å². The van der Waals surface area contributed by atoms with E-state index in [9.17, 15) is 8.78 Å². The van der Waals surface area contributed by atoms with E-state index in [0.717, 1.165) is 25.6 Å². The van der Waals surface area contributed by atoms with E-state index in [1.54, 1.807) is 6.20 Å². The molecule has 1 aromatic carbocycles. The summed E-state index contributed by atoms with van der Waals surface area (Å²) in [6.07, 6.45) is 5.12. The van der Waals surface area contributed by atoms with Gasteiger partial charge in [0.1, 0.15) is 17.5 Å². The fraction of sp³-hybridized carbons (Fsp3) is 0.474. The molecule has 152 valence electrons. The second kappa shape index (κ2) is 9.22. The van der Waals surface area contributed by atoms with Crippen molar-refractivity contribution >= 4 is 6.47 Å². The zero-order chi connectivity index (χ0) is 20.1. The van der Waals surface area contributed by atoms with Crippen LogP contribution in [0.3, 0.4) is 0 Å². The van der Waals surface area contributed by atoms with Gasteiger partial charge in [-0.25, -0.2) is 13.8 Å². The van der Waals surface area contributed by atoms with Gasteiger partial charge in [0.05, 0.1) is 18.3 Å². The van der Waals surface area contributed by atoms with Crippen LogP contribution in [0.25, 0.3) is 11.4 Å². The number of fused-ring (bicyclic) bond motifs is 1. The van der Waals surface area contributed by atoms with E-state index >= 15 is 0 Å². The lowest BCUT2D eigenvalue weighted by Gasteiger charge is -2.34. The van der Waals surface area contributed by atoms with E-state index in [4.69, 9.17) is 19.7 Å². The average molecular weight is 395 g/mol. The number of halogens is 2. The van der Waals surface area contributed by atoms with Crippen LogP contribution in [0.1, 0.15) is 18.9 Å². The van der Waals surface area contributed by atoms with Crippen molar-refractivity contribution in [1.82, 2.24) is 14.5 Å². The molecule has 2 N–H and O–H groups in total. The predicted molar refractivity (Wildman–Crippen MR) is 96.7 cm³/mol. The lowest BCUT2D eigenvalue weighted by Crippen LogP contribution is -2.46. The zero-order valence-corrected chi connectivity index (χ0v) is 15.2. The van der Waals surface area contributed by atoms with Gasteiger partial charge in [-0.05, 0) is 25.0 Å². The van der Waals surface area contributed by atoms with Crippen LogP contribution >= 0.6 is 0 Å². The third-order valence-corrected chi connectivity index (χ3v) is 5.15. The Kier molecular flexibility index (Phi) is 6.71. The quantitative estimate of drug-likeness (QED) is 0.770. The molecule has 0 spiro atoms. The molecule has 0 radical (unpaired) electrons. The number of aliphatic hydroxyl groups excluding tert-OH is 1. The van der Waals surface area contributed by atoms with Gasteiger partial charge in [-0.2, -0.15) is 0 Å². The van der Waals surface area contributed by atoms with Crippen LogP contribution in [0.15, 0.2) is 30.6 Å². The molecule has 0 saturated carbocycles. The first-order valence-electron chi connectivity index (χ1n) is 9.10. The number of hydrogen-bond donors (Lipinski definition) is 2. The number of aromatic nitrogens is 2. The first-order chi connectivity index (χ1) is 13.6. The molecule has 9 heteroatoms. The van der Waals surface area contributed by atoms with E-state index in [1.807, 2.05) is 10.8 Å². The minimum absolute atomic E-state index is 0.0665. The smallest absolute Gasteiger partial charge is 0.290 e. The monoisotopic (exact) mass is 395 g/mol. The van der Waals surface area contributed by atoms with Gasteiger partial charge >= 0.3 is 0 Å². The molecular weight excluding hydrogens is 372 g/mol. The maximum Gasteiger partial charge on any atom is 0.290 e. The highest BCUT2D eigenvalue weighted by atomic mass is 19.1. The number of ether oxygens (including phenoxy) is 1. The molecule has 3 atom stereocenters. The van der Waals surface area contributed by atoms with Crippen molar-refractivity contribution in [2.75, 3.05) is 26.3 Å². The molecule has 3 heterocycles. The predicted octanol–water partition coefficient (Wildman–Crippen LogP) is 1.93. The topological polar surface area (TPSA) is 87.8 Å². The van der Waals surface area contributed by atoms with Gasteiger partial charge < -0.3 is 19.5 Å². The maximum atomic E-state index is 14.2. The molecule has 28 heavy (non-hydrogen) atoms. The molecule has 2 fully saturated rings. The number of morpholine rings is 1. The summed E-state index contributed by atoms with van der Waals surface area (Å²) in [6, 6.07) is 4.07. The van der Waals surface area contributed by atoms with E-state index < -0.39 is 11.6 Å². The van der Waals surface area contributed by atoms with Crippen LogP contribution in [0.2, 0.25) is 0 Å². The van der Waals surface area contributed by atoms with Gasteiger partial charge in [-0.1, -0.05) is 0 Å². The van der Waals surface area contributed by atoms with Crippen LogP contribution in [-0.2, 0) is 9.53 Å². The Balaban J connectivity index is 0.000000706. The summed E-state index contributed by atoms with van der Waals surface area (Å²) in [5, 5.41) is 16.0. The Morgan fingerprint density at radius 3 is 2.79 bits per heavy atom. The minimum Gasteiger partial charge on any atom is -0.483 e. The summed E-state index contributed by atoms with van der Waals surface area (Å²) >= 11 is 0. The second-order valence-electron chi connectivity index (χ2n) is 6.85. The highest BCUT2D eigenvalue weighted by molar-refractivity contribution is 5.56. The molecule has 7 nitrogen and oxygen atoms in total. The van der Waals surface area contributed by atoms with E-state index in [0.29, 0.717) is 30.5 Å². The summed E-state index contributed by atoms with van der Waals surface area (Å²) in [5.74, 6) is -0.672. The highest BCUT2D eigenvalue weighted by Crippen LogP contribution is 2.34. The van der Waals surface area contributed by atoms with Crippen molar-refractivity contribution < 1.29 is 28.5 Å². The molecule has 0 amide bonds. The number of carboxylic acid groups (broad SMARTS) is 1. The van der Waals surface area contributed by atoms with Crippen LogP contribution in [0.5, 0.6) is 0 Å². The summed E-state index contributed by atoms with van der Waals surface area (Å²) in [6.45, 7) is 2.16. The van der Waals surface area contributed by atoms with E-state index in [2.05, 4.69) is 9.88 Å². The number of nitrogens with zero attached hydrogens (tertiary/aromatic N) is 3. The van der Waals surface area contributed by atoms with Crippen molar-refractivity contribution in [1.29, 1.82) is 0 Å². The van der Waals surface area contributed by atoms with E-state index in [1.165, 1.54) is 12.1 Å². The Labute approximate surface area is 161 Å². The van der Waals surface area contributed by atoms with Gasteiger partial charge in [-0.15, -0.1) is 0 Å². The Bertz CT molecular complexity index is 801. The summed E-state index contributed by atoms with van der Waals surface area (Å²) < 4.78 is 35.1. The standard InChI is InChI=1S/C18H21F2N3O2.CH2O2/c19-12-1-2-16(17(20)7-12)18-21-4-5-23(18)13-8-14-11-25-15(3-6-24)10-22(14)9-13;2-1-3/h1-2,4-5,7,13-15,24H,3,6,8-11H2;1H,(H,2,3)/t13-,14+,15+;/m1./s1. The van der Waals surface area contributed by atoms with Crippen LogP contribution in [-0.4, -0.2) is 69.6 Å². The summed E-state index contributed by atoms with van der Waals surface area (Å²) in [5.41, 5.74) is 0.311. The zero-order valence-electron chi connectivity index (χ0n) is 15.2. The first-order valence-corrected chi connectivity index (χ1v) is 9.10. The maximum absolute atomic E-state index is 14.2. The molecule has 0 bridgehead atoms. The number of imidazole rings is 1. The Hall–Kier alpha value is -2.36. The van der Waals surface area contributed by atoms with Gasteiger partial charge in [0, 0.05) is 50.2 Å². The summed E-state index contributed by atoms with van der Waals surface area (Å²) in [4.78, 5) is 15.0. The van der Waals surface area contributed by atoms with Crippen molar-refractivity contribution in [3.05, 3.63) is 42.2 Å². The number of hydrogen-bond acceptors (Lipinski definition) is 5. The van der Waals surface area contributed by atoms with Crippen molar-refractivity contribution in [3.8, 4) is 11.4 Å². The molecule has 0 unspecified atom stereocenters. The van der Waals surface area contributed by atoms with Crippen molar-refractivity contribution in [3.63, 3.8) is 0 Å². The number of rotatable bonds is 4. The average Bonchev–Trinajstić information content (AvgIpc) is 3.28. The third-order valence-electron chi connectivity index (χ3n) is 5.15. The Morgan fingerprint density at radius 1 is 1.29 bits per heavy atom. The minimum atomic E-state index is -0.602. The second-order valence-corrected chi connectivity index (χ2v) is 6.85. The van der Waals surface area contributed by atoms with Gasteiger partial charge in [0.2, 0.25) is 0 Å². The SMILES string of the molecule is O=CO.OCC[C@H]1CN2C[C@H](n3ccnc3-c3ccc(F)cc3F)C[C@H]2CO1. The lowest BCUT2D eigenvalue weighted by molar-refractivity contribution is -0.122.